The highest BCUT2D eigenvalue weighted by molar-refractivity contribution is 7.18. The molecule has 2 aromatic rings. The van der Waals surface area contributed by atoms with Crippen LogP contribution >= 0.6 is 22.9 Å². The van der Waals surface area contributed by atoms with Crippen LogP contribution in [0.15, 0.2) is 36.4 Å². The number of halogens is 1. The number of morpholine rings is 1. The van der Waals surface area contributed by atoms with Crippen LogP contribution in [0.4, 0.5) is 11.4 Å². The summed E-state index contributed by atoms with van der Waals surface area (Å²) in [5, 5.41) is 2.83. The van der Waals surface area contributed by atoms with Crippen LogP contribution < -0.4 is 15.1 Å². The van der Waals surface area contributed by atoms with Crippen molar-refractivity contribution in [1.29, 1.82) is 0 Å². The van der Waals surface area contributed by atoms with Crippen molar-refractivity contribution < 1.29 is 19.1 Å². The van der Waals surface area contributed by atoms with Gasteiger partial charge in [0.15, 0.2) is 0 Å². The fraction of sp³-hybridized carbons (Fsp3) is 0.350. The molecule has 0 radical (unpaired) electrons. The van der Waals surface area contributed by atoms with Crippen molar-refractivity contribution in [2.45, 2.75) is 18.9 Å². The van der Waals surface area contributed by atoms with Crippen LogP contribution in [0.25, 0.3) is 0 Å². The predicted octanol–water partition coefficient (Wildman–Crippen LogP) is 2.69. The summed E-state index contributed by atoms with van der Waals surface area (Å²) >= 11 is 7.08. The van der Waals surface area contributed by atoms with E-state index in [1.807, 2.05) is 24.3 Å². The number of ether oxygens (including phenoxy) is 1. The summed E-state index contributed by atoms with van der Waals surface area (Å²) in [6.45, 7) is 1.31. The lowest BCUT2D eigenvalue weighted by molar-refractivity contribution is -0.129. The van der Waals surface area contributed by atoms with E-state index in [2.05, 4.69) is 5.32 Å². The zero-order chi connectivity index (χ0) is 20.4. The maximum absolute atomic E-state index is 12.3. The minimum atomic E-state index is -0.313. The van der Waals surface area contributed by atoms with Gasteiger partial charge in [-0.05, 0) is 42.8 Å². The number of hydrogen-bond acceptors (Lipinski definition) is 5. The monoisotopic (exact) mass is 433 g/mol. The van der Waals surface area contributed by atoms with E-state index in [0.717, 1.165) is 24.3 Å². The van der Waals surface area contributed by atoms with Crippen LogP contribution in [-0.2, 0) is 14.3 Å². The molecule has 2 saturated heterocycles. The summed E-state index contributed by atoms with van der Waals surface area (Å²) in [5.41, 5.74) is 1.59. The first kappa shape index (κ1) is 19.9. The van der Waals surface area contributed by atoms with Crippen LogP contribution in [0, 0.1) is 0 Å². The van der Waals surface area contributed by atoms with Crippen LogP contribution in [0.3, 0.4) is 0 Å². The average Bonchev–Trinajstić information content (AvgIpc) is 3.35. The smallest absolute Gasteiger partial charge is 0.261 e. The molecule has 1 aromatic heterocycles. The number of hydrogen-bond donors (Lipinski definition) is 1. The Morgan fingerprint density at radius 1 is 1.10 bits per heavy atom. The lowest BCUT2D eigenvalue weighted by atomic mass is 10.2. The van der Waals surface area contributed by atoms with Gasteiger partial charge in [-0.25, -0.2) is 0 Å². The molecule has 1 atom stereocenters. The van der Waals surface area contributed by atoms with E-state index in [-0.39, 0.29) is 30.4 Å². The third kappa shape index (κ3) is 4.44. The molecular formula is C20H20ClN3O4S. The molecule has 1 aromatic carbocycles. The summed E-state index contributed by atoms with van der Waals surface area (Å²) in [4.78, 5) is 40.3. The summed E-state index contributed by atoms with van der Waals surface area (Å²) in [6, 6.07) is 10.8. The second-order valence-electron chi connectivity index (χ2n) is 6.92. The molecule has 152 valence electrons. The first-order chi connectivity index (χ1) is 14.0. The average molecular weight is 434 g/mol. The quantitative estimate of drug-likeness (QED) is 0.786. The van der Waals surface area contributed by atoms with Crippen molar-refractivity contribution in [2.75, 3.05) is 36.0 Å². The highest BCUT2D eigenvalue weighted by Crippen LogP contribution is 2.26. The van der Waals surface area contributed by atoms with Gasteiger partial charge in [0.1, 0.15) is 6.61 Å². The molecule has 29 heavy (non-hydrogen) atoms. The normalized spacial score (nSPS) is 19.7. The Bertz CT molecular complexity index is 930. The van der Waals surface area contributed by atoms with Gasteiger partial charge >= 0.3 is 0 Å². The molecule has 2 aliphatic heterocycles. The number of anilines is 2. The molecule has 4 rings (SSSR count). The van der Waals surface area contributed by atoms with E-state index in [4.69, 9.17) is 16.3 Å². The molecule has 0 aliphatic carbocycles. The predicted molar refractivity (Wildman–Crippen MR) is 112 cm³/mol. The molecule has 1 N–H and O–H groups in total. The van der Waals surface area contributed by atoms with Crippen molar-refractivity contribution >= 4 is 52.0 Å². The third-order valence-electron chi connectivity index (χ3n) is 4.96. The largest absolute Gasteiger partial charge is 0.365 e. The molecule has 0 bridgehead atoms. The molecule has 3 heterocycles. The maximum Gasteiger partial charge on any atom is 0.261 e. The summed E-state index contributed by atoms with van der Waals surface area (Å²) in [5.74, 6) is -0.223. The topological polar surface area (TPSA) is 79.0 Å². The van der Waals surface area contributed by atoms with Crippen molar-refractivity contribution in [1.82, 2.24) is 5.32 Å². The molecule has 0 saturated carbocycles. The van der Waals surface area contributed by atoms with Gasteiger partial charge in [-0.3, -0.25) is 14.4 Å². The minimum absolute atomic E-state index is 0.0439. The van der Waals surface area contributed by atoms with Crippen LogP contribution in [-0.4, -0.2) is 50.1 Å². The highest BCUT2D eigenvalue weighted by Gasteiger charge is 2.28. The van der Waals surface area contributed by atoms with Gasteiger partial charge in [-0.2, -0.15) is 0 Å². The fourth-order valence-electron chi connectivity index (χ4n) is 3.46. The van der Waals surface area contributed by atoms with Gasteiger partial charge in [0.05, 0.1) is 21.9 Å². The zero-order valence-corrected chi connectivity index (χ0v) is 17.2. The first-order valence-corrected chi connectivity index (χ1v) is 10.6. The van der Waals surface area contributed by atoms with Crippen molar-refractivity contribution in [2.24, 2.45) is 0 Å². The van der Waals surface area contributed by atoms with Crippen LogP contribution in [0.2, 0.25) is 4.34 Å². The second-order valence-corrected chi connectivity index (χ2v) is 8.63. The number of nitrogens with zero attached hydrogens (tertiary/aromatic N) is 2. The molecular weight excluding hydrogens is 414 g/mol. The molecule has 7 nitrogen and oxygen atoms in total. The summed E-state index contributed by atoms with van der Waals surface area (Å²) in [6.07, 6.45) is 1.13. The zero-order valence-electron chi connectivity index (χ0n) is 15.6. The first-order valence-electron chi connectivity index (χ1n) is 9.37. The van der Waals surface area contributed by atoms with Gasteiger partial charge in [-0.15, -0.1) is 11.3 Å². The Labute approximate surface area is 177 Å². The van der Waals surface area contributed by atoms with E-state index in [1.165, 1.54) is 11.3 Å². The molecule has 2 aliphatic rings. The Kier molecular flexibility index (Phi) is 5.84. The van der Waals surface area contributed by atoms with Gasteiger partial charge in [0.25, 0.3) is 11.8 Å². The van der Waals surface area contributed by atoms with Crippen LogP contribution in [0.5, 0.6) is 0 Å². The standard InChI is InChI=1S/C20H20ClN3O4S/c21-17-8-7-16(29-17)20(27)22-10-15-11-24(19(26)12-28-15)14-5-3-13(4-6-14)23-9-1-2-18(23)25/h3-8,15H,1-2,9-12H2,(H,22,27). The van der Waals surface area contributed by atoms with Crippen molar-refractivity contribution in [3.05, 3.63) is 45.6 Å². The van der Waals surface area contributed by atoms with Gasteiger partial charge in [-0.1, -0.05) is 11.6 Å². The lowest BCUT2D eigenvalue weighted by Gasteiger charge is -2.33. The van der Waals surface area contributed by atoms with Crippen molar-refractivity contribution in [3.8, 4) is 0 Å². The van der Waals surface area contributed by atoms with Gasteiger partial charge < -0.3 is 19.9 Å². The number of carbonyl (C=O) groups is 3. The van der Waals surface area contributed by atoms with E-state index < -0.39 is 0 Å². The van der Waals surface area contributed by atoms with E-state index in [0.29, 0.717) is 28.7 Å². The molecule has 2 fully saturated rings. The molecule has 9 heteroatoms. The summed E-state index contributed by atoms with van der Waals surface area (Å²) in [7, 11) is 0. The highest BCUT2D eigenvalue weighted by atomic mass is 35.5. The molecule has 1 unspecified atom stereocenters. The Morgan fingerprint density at radius 2 is 1.83 bits per heavy atom. The van der Waals surface area contributed by atoms with E-state index >= 15 is 0 Å². The number of nitrogens with one attached hydrogen (secondary N) is 1. The van der Waals surface area contributed by atoms with Gasteiger partial charge in [0.2, 0.25) is 5.91 Å². The molecule has 0 spiro atoms. The summed E-state index contributed by atoms with van der Waals surface area (Å²) < 4.78 is 6.13. The number of rotatable bonds is 5. The van der Waals surface area contributed by atoms with E-state index in [1.54, 1.807) is 21.9 Å². The Balaban J connectivity index is 1.38. The number of carbonyl (C=O) groups excluding carboxylic acids is 3. The van der Waals surface area contributed by atoms with E-state index in [9.17, 15) is 14.4 Å². The second kappa shape index (κ2) is 8.52. The Hall–Kier alpha value is -2.42. The minimum Gasteiger partial charge on any atom is -0.365 e. The Morgan fingerprint density at radius 3 is 2.45 bits per heavy atom. The maximum atomic E-state index is 12.3. The third-order valence-corrected chi connectivity index (χ3v) is 6.19. The number of thiophene rings is 1. The molecule has 3 amide bonds. The number of amides is 3. The van der Waals surface area contributed by atoms with Crippen LogP contribution in [0.1, 0.15) is 22.5 Å². The number of benzene rings is 1. The SMILES string of the molecule is O=C(NCC1CN(c2ccc(N3CCCC3=O)cc2)C(=O)CO1)c1ccc(Cl)s1. The fourth-order valence-corrected chi connectivity index (χ4v) is 4.42. The van der Waals surface area contributed by atoms with Gasteiger partial charge in [0, 0.05) is 30.9 Å². The van der Waals surface area contributed by atoms with Crippen molar-refractivity contribution in [3.63, 3.8) is 0 Å². The lowest BCUT2D eigenvalue weighted by Crippen LogP contribution is -2.50.